The van der Waals surface area contributed by atoms with Crippen molar-refractivity contribution in [2.45, 2.75) is 12.7 Å². The molecule has 0 saturated carbocycles. The van der Waals surface area contributed by atoms with Crippen LogP contribution >= 0.6 is 15.9 Å². The second-order valence-electron chi connectivity index (χ2n) is 2.49. The van der Waals surface area contributed by atoms with Crippen molar-refractivity contribution in [3.05, 3.63) is 28.2 Å². The third-order valence-electron chi connectivity index (χ3n) is 1.49. The standard InChI is InChI=1S/C7H6BrF3N2O/c8-1-2-13-6(14)3-5(4-12-13)7(9,10)11/h3-4H,1-2H2. The zero-order valence-corrected chi connectivity index (χ0v) is 8.47. The molecule has 78 valence electrons. The van der Waals surface area contributed by atoms with Gasteiger partial charge in [0.1, 0.15) is 0 Å². The topological polar surface area (TPSA) is 34.9 Å². The quantitative estimate of drug-likeness (QED) is 0.767. The van der Waals surface area contributed by atoms with E-state index in [4.69, 9.17) is 0 Å². The Hall–Kier alpha value is -0.850. The normalized spacial score (nSPS) is 11.7. The first-order valence-electron chi connectivity index (χ1n) is 3.65. The van der Waals surface area contributed by atoms with Crippen molar-refractivity contribution in [2.75, 3.05) is 5.33 Å². The van der Waals surface area contributed by atoms with Crippen molar-refractivity contribution < 1.29 is 13.2 Å². The molecule has 0 fully saturated rings. The lowest BCUT2D eigenvalue weighted by Crippen LogP contribution is -2.25. The van der Waals surface area contributed by atoms with Crippen LogP contribution in [0.1, 0.15) is 5.56 Å². The fourth-order valence-corrected chi connectivity index (χ4v) is 1.17. The number of rotatable bonds is 2. The smallest absolute Gasteiger partial charge is 0.268 e. The minimum atomic E-state index is -4.51. The Bertz CT molecular complexity index is 374. The van der Waals surface area contributed by atoms with Crippen LogP contribution in [-0.4, -0.2) is 15.1 Å². The minimum Gasteiger partial charge on any atom is -0.268 e. The number of nitrogens with zero attached hydrogens (tertiary/aromatic N) is 2. The van der Waals surface area contributed by atoms with Gasteiger partial charge in [0.2, 0.25) is 0 Å². The molecule has 0 bridgehead atoms. The molecule has 1 rings (SSSR count). The van der Waals surface area contributed by atoms with Crippen LogP contribution in [0.2, 0.25) is 0 Å². The third-order valence-corrected chi connectivity index (χ3v) is 1.85. The summed E-state index contributed by atoms with van der Waals surface area (Å²) in [4.78, 5) is 11.1. The molecular formula is C7H6BrF3N2O. The van der Waals surface area contributed by atoms with Crippen LogP contribution in [0.25, 0.3) is 0 Å². The van der Waals surface area contributed by atoms with E-state index in [2.05, 4.69) is 21.0 Å². The fraction of sp³-hybridized carbons (Fsp3) is 0.429. The van der Waals surface area contributed by atoms with Gasteiger partial charge in [0, 0.05) is 11.4 Å². The van der Waals surface area contributed by atoms with Crippen LogP contribution in [0.3, 0.4) is 0 Å². The van der Waals surface area contributed by atoms with Gasteiger partial charge in [0.25, 0.3) is 5.56 Å². The highest BCUT2D eigenvalue weighted by molar-refractivity contribution is 9.09. The van der Waals surface area contributed by atoms with Gasteiger partial charge in [-0.1, -0.05) is 15.9 Å². The van der Waals surface area contributed by atoms with Gasteiger partial charge in [-0.25, -0.2) is 4.68 Å². The molecule has 0 aliphatic carbocycles. The van der Waals surface area contributed by atoms with E-state index in [1.807, 2.05) is 0 Å². The number of aromatic nitrogens is 2. The molecule has 0 aliphatic heterocycles. The largest absolute Gasteiger partial charge is 0.418 e. The summed E-state index contributed by atoms with van der Waals surface area (Å²) in [6.45, 7) is 0.247. The van der Waals surface area contributed by atoms with Gasteiger partial charge in [-0.2, -0.15) is 18.3 Å². The van der Waals surface area contributed by atoms with Crippen molar-refractivity contribution in [3.8, 4) is 0 Å². The molecule has 1 aromatic heterocycles. The molecule has 3 nitrogen and oxygen atoms in total. The van der Waals surface area contributed by atoms with Crippen molar-refractivity contribution in [1.29, 1.82) is 0 Å². The molecule has 0 N–H and O–H groups in total. The highest BCUT2D eigenvalue weighted by atomic mass is 79.9. The Kier molecular flexibility index (Phi) is 3.30. The van der Waals surface area contributed by atoms with Crippen LogP contribution in [0, 0.1) is 0 Å². The molecule has 1 aromatic rings. The summed E-state index contributed by atoms with van der Waals surface area (Å²) in [5.74, 6) is 0. The summed E-state index contributed by atoms with van der Waals surface area (Å²) < 4.78 is 37.2. The molecule has 7 heteroatoms. The minimum absolute atomic E-state index is 0.247. The Balaban J connectivity index is 3.07. The maximum absolute atomic E-state index is 12.1. The van der Waals surface area contributed by atoms with Gasteiger partial charge in [0.05, 0.1) is 18.3 Å². The maximum atomic E-state index is 12.1. The van der Waals surface area contributed by atoms with E-state index in [-0.39, 0.29) is 6.54 Å². The highest BCUT2D eigenvalue weighted by Gasteiger charge is 2.31. The SMILES string of the molecule is O=c1cc(C(F)(F)F)cnn1CCBr. The molecule has 0 radical (unpaired) electrons. The van der Waals surface area contributed by atoms with Crippen LogP contribution < -0.4 is 5.56 Å². The molecule has 14 heavy (non-hydrogen) atoms. The van der Waals surface area contributed by atoms with E-state index >= 15 is 0 Å². The van der Waals surface area contributed by atoms with Gasteiger partial charge >= 0.3 is 6.18 Å². The number of halogens is 4. The first-order chi connectivity index (χ1) is 6.45. The van der Waals surface area contributed by atoms with Gasteiger partial charge in [-0.3, -0.25) is 4.79 Å². The molecule has 0 atom stereocenters. The molecule has 0 aromatic carbocycles. The van der Waals surface area contributed by atoms with Crippen molar-refractivity contribution in [3.63, 3.8) is 0 Å². The average molecular weight is 271 g/mol. The van der Waals surface area contributed by atoms with Crippen molar-refractivity contribution >= 4 is 15.9 Å². The Morgan fingerprint density at radius 3 is 2.57 bits per heavy atom. The third kappa shape index (κ3) is 2.57. The van der Waals surface area contributed by atoms with Gasteiger partial charge in [0.15, 0.2) is 0 Å². The number of hydrogen-bond donors (Lipinski definition) is 0. The number of hydrogen-bond acceptors (Lipinski definition) is 2. The highest BCUT2D eigenvalue weighted by Crippen LogP contribution is 2.27. The van der Waals surface area contributed by atoms with Crippen molar-refractivity contribution in [2.24, 2.45) is 0 Å². The zero-order chi connectivity index (χ0) is 10.8. The lowest BCUT2D eigenvalue weighted by molar-refractivity contribution is -0.138. The second-order valence-corrected chi connectivity index (χ2v) is 3.29. The monoisotopic (exact) mass is 270 g/mol. The predicted molar refractivity (Wildman–Crippen MR) is 47.3 cm³/mol. The second kappa shape index (κ2) is 4.12. The Morgan fingerprint density at radius 1 is 1.50 bits per heavy atom. The predicted octanol–water partition coefficient (Wildman–Crippen LogP) is 1.66. The van der Waals surface area contributed by atoms with Gasteiger partial charge < -0.3 is 0 Å². The van der Waals surface area contributed by atoms with Gasteiger partial charge in [-0.05, 0) is 0 Å². The summed E-state index contributed by atoms with van der Waals surface area (Å²) >= 11 is 3.06. The van der Waals surface area contributed by atoms with Crippen molar-refractivity contribution in [1.82, 2.24) is 9.78 Å². The summed E-state index contributed by atoms with van der Waals surface area (Å²) in [7, 11) is 0. The molecule has 0 unspecified atom stereocenters. The van der Waals surface area contributed by atoms with E-state index in [9.17, 15) is 18.0 Å². The Morgan fingerprint density at radius 2 is 2.14 bits per heavy atom. The first kappa shape index (κ1) is 11.2. The van der Waals surface area contributed by atoms with E-state index < -0.39 is 17.3 Å². The van der Waals surface area contributed by atoms with E-state index in [1.54, 1.807) is 0 Å². The molecule has 0 spiro atoms. The molecular weight excluding hydrogens is 265 g/mol. The lowest BCUT2D eigenvalue weighted by Gasteiger charge is -2.06. The lowest BCUT2D eigenvalue weighted by atomic mass is 10.3. The maximum Gasteiger partial charge on any atom is 0.418 e. The fourth-order valence-electron chi connectivity index (χ4n) is 0.837. The summed E-state index contributed by atoms with van der Waals surface area (Å²) in [5.41, 5.74) is -1.77. The van der Waals surface area contributed by atoms with Crippen LogP contribution in [0.4, 0.5) is 13.2 Å². The average Bonchev–Trinajstić information content (AvgIpc) is 2.07. The number of aryl methyl sites for hydroxylation is 1. The van der Waals surface area contributed by atoms with Gasteiger partial charge in [-0.15, -0.1) is 0 Å². The molecule has 0 aliphatic rings. The molecule has 0 saturated heterocycles. The van der Waals surface area contributed by atoms with E-state index in [1.165, 1.54) is 0 Å². The Labute approximate surface area is 85.7 Å². The summed E-state index contributed by atoms with van der Waals surface area (Å²) in [6, 6.07) is 0.537. The van der Waals surface area contributed by atoms with Crippen LogP contribution in [-0.2, 0) is 12.7 Å². The first-order valence-corrected chi connectivity index (χ1v) is 4.77. The van der Waals surface area contributed by atoms with E-state index in [0.717, 1.165) is 4.68 Å². The number of alkyl halides is 4. The molecule has 0 amide bonds. The van der Waals surface area contributed by atoms with E-state index in [0.29, 0.717) is 17.6 Å². The summed E-state index contributed by atoms with van der Waals surface area (Å²) in [6.07, 6.45) is -3.87. The zero-order valence-electron chi connectivity index (χ0n) is 6.88. The van der Waals surface area contributed by atoms with Crippen LogP contribution in [0.15, 0.2) is 17.1 Å². The molecule has 1 heterocycles. The van der Waals surface area contributed by atoms with Crippen LogP contribution in [0.5, 0.6) is 0 Å². The summed E-state index contributed by atoms with van der Waals surface area (Å²) in [5, 5.41) is 3.85.